The smallest absolute Gasteiger partial charge is 0.227 e. The zero-order chi connectivity index (χ0) is 14.0. The lowest BCUT2D eigenvalue weighted by Crippen LogP contribution is -2.39. The molecule has 1 aliphatic rings. The molecule has 1 aromatic carbocycles. The third kappa shape index (κ3) is 3.01. The molecule has 104 valence electrons. The first-order valence-corrected chi connectivity index (χ1v) is 6.74. The minimum atomic E-state index is -0.344. The second kappa shape index (κ2) is 5.39. The fraction of sp³-hybridized carbons (Fsp3) is 0.500. The summed E-state index contributed by atoms with van der Waals surface area (Å²) < 4.78 is 0. The van der Waals surface area contributed by atoms with Gasteiger partial charge in [-0.1, -0.05) is 11.6 Å². The van der Waals surface area contributed by atoms with Gasteiger partial charge in [0.15, 0.2) is 0 Å². The maximum atomic E-state index is 11.8. The number of nitrogens with zero attached hydrogens (tertiary/aromatic N) is 1. The number of hydrogen-bond acceptors (Lipinski definition) is 3. The van der Waals surface area contributed by atoms with Crippen LogP contribution in [0.1, 0.15) is 18.9 Å². The van der Waals surface area contributed by atoms with Crippen molar-refractivity contribution in [3.63, 3.8) is 0 Å². The fourth-order valence-electron chi connectivity index (χ4n) is 2.60. The van der Waals surface area contributed by atoms with Gasteiger partial charge in [0.2, 0.25) is 5.91 Å². The SMILES string of the molecule is CNC(=O)C1(C)CCN(Cc2cc(Cl)ccc2O)C1. The fourth-order valence-corrected chi connectivity index (χ4v) is 2.79. The molecule has 1 aliphatic heterocycles. The molecule has 0 aliphatic carbocycles. The Bertz CT molecular complexity index is 492. The maximum absolute atomic E-state index is 11.8. The van der Waals surface area contributed by atoms with Gasteiger partial charge in [0.1, 0.15) is 5.75 Å². The van der Waals surface area contributed by atoms with Crippen LogP contribution in [0.25, 0.3) is 0 Å². The minimum absolute atomic E-state index is 0.0744. The third-order valence-corrected chi connectivity index (χ3v) is 4.00. The van der Waals surface area contributed by atoms with E-state index in [0.29, 0.717) is 18.1 Å². The summed E-state index contributed by atoms with van der Waals surface area (Å²) >= 11 is 5.94. The molecule has 4 nitrogen and oxygen atoms in total. The molecule has 0 radical (unpaired) electrons. The highest BCUT2D eigenvalue weighted by Gasteiger charge is 2.39. The normalized spacial score (nSPS) is 23.5. The van der Waals surface area contributed by atoms with Crippen LogP contribution in [0.4, 0.5) is 0 Å². The standard InChI is InChI=1S/C14H19ClN2O2/c1-14(13(19)16-2)5-6-17(9-14)8-10-7-11(15)3-4-12(10)18/h3-4,7,18H,5-6,8-9H2,1-2H3,(H,16,19). The van der Waals surface area contributed by atoms with Crippen molar-refractivity contribution >= 4 is 17.5 Å². The molecular weight excluding hydrogens is 264 g/mol. The lowest BCUT2D eigenvalue weighted by atomic mass is 9.89. The lowest BCUT2D eigenvalue weighted by Gasteiger charge is -2.23. The predicted octanol–water partition coefficient (Wildman–Crippen LogP) is 2.00. The zero-order valence-electron chi connectivity index (χ0n) is 11.2. The van der Waals surface area contributed by atoms with Crippen LogP contribution < -0.4 is 5.32 Å². The second-order valence-electron chi connectivity index (χ2n) is 5.37. The van der Waals surface area contributed by atoms with E-state index in [1.165, 1.54) is 0 Å². The topological polar surface area (TPSA) is 52.6 Å². The molecule has 1 aromatic rings. The summed E-state index contributed by atoms with van der Waals surface area (Å²) in [6.07, 6.45) is 0.827. The first-order chi connectivity index (χ1) is 8.94. The van der Waals surface area contributed by atoms with E-state index in [4.69, 9.17) is 11.6 Å². The highest BCUT2D eigenvalue weighted by atomic mass is 35.5. The highest BCUT2D eigenvalue weighted by Crippen LogP contribution is 2.32. The van der Waals surface area contributed by atoms with Gasteiger partial charge < -0.3 is 10.4 Å². The molecule has 5 heteroatoms. The average Bonchev–Trinajstić information content (AvgIpc) is 2.76. The van der Waals surface area contributed by atoms with E-state index in [1.54, 1.807) is 25.2 Å². The van der Waals surface area contributed by atoms with Crippen LogP contribution in [-0.4, -0.2) is 36.1 Å². The summed E-state index contributed by atoms with van der Waals surface area (Å²) in [5.41, 5.74) is 0.455. The Morgan fingerprint density at radius 1 is 1.58 bits per heavy atom. The van der Waals surface area contributed by atoms with Crippen LogP contribution in [0, 0.1) is 5.41 Å². The van der Waals surface area contributed by atoms with Gasteiger partial charge >= 0.3 is 0 Å². The van der Waals surface area contributed by atoms with Crippen molar-refractivity contribution in [3.05, 3.63) is 28.8 Å². The second-order valence-corrected chi connectivity index (χ2v) is 5.81. The van der Waals surface area contributed by atoms with E-state index < -0.39 is 0 Å². The molecule has 2 rings (SSSR count). The number of amides is 1. The summed E-state index contributed by atoms with van der Waals surface area (Å²) in [7, 11) is 1.67. The zero-order valence-corrected chi connectivity index (χ0v) is 12.0. The first kappa shape index (κ1) is 14.2. The van der Waals surface area contributed by atoms with Gasteiger partial charge in [-0.15, -0.1) is 0 Å². The quantitative estimate of drug-likeness (QED) is 0.892. The molecule has 19 heavy (non-hydrogen) atoms. The molecule has 2 N–H and O–H groups in total. The molecule has 0 aromatic heterocycles. The van der Waals surface area contributed by atoms with E-state index >= 15 is 0 Å². The van der Waals surface area contributed by atoms with Gasteiger partial charge in [-0.05, 0) is 38.1 Å². The van der Waals surface area contributed by atoms with Crippen molar-refractivity contribution < 1.29 is 9.90 Å². The van der Waals surface area contributed by atoms with Crippen LogP contribution in [-0.2, 0) is 11.3 Å². The van der Waals surface area contributed by atoms with E-state index in [1.807, 2.05) is 6.92 Å². The molecule has 0 spiro atoms. The van der Waals surface area contributed by atoms with Crippen LogP contribution in [0.3, 0.4) is 0 Å². The summed E-state index contributed by atoms with van der Waals surface area (Å²) in [6, 6.07) is 5.04. The Balaban J connectivity index is 2.06. The van der Waals surface area contributed by atoms with Crippen LogP contribution >= 0.6 is 11.6 Å². The molecule has 1 amide bonds. The molecule has 1 heterocycles. The van der Waals surface area contributed by atoms with Crippen LogP contribution in [0.2, 0.25) is 5.02 Å². The van der Waals surface area contributed by atoms with Crippen LogP contribution in [0.5, 0.6) is 5.75 Å². The van der Waals surface area contributed by atoms with Crippen molar-refractivity contribution in [2.45, 2.75) is 19.9 Å². The Morgan fingerprint density at radius 3 is 3.00 bits per heavy atom. The number of nitrogens with one attached hydrogen (secondary N) is 1. The van der Waals surface area contributed by atoms with Gasteiger partial charge in [0.05, 0.1) is 5.41 Å². The summed E-state index contributed by atoms with van der Waals surface area (Å²) in [6.45, 7) is 4.12. The number of carbonyl (C=O) groups is 1. The Labute approximate surface area is 118 Å². The molecule has 1 saturated heterocycles. The molecule has 1 fully saturated rings. The number of benzene rings is 1. The van der Waals surface area contributed by atoms with E-state index in [9.17, 15) is 9.90 Å². The van der Waals surface area contributed by atoms with E-state index in [2.05, 4.69) is 10.2 Å². The maximum Gasteiger partial charge on any atom is 0.227 e. The largest absolute Gasteiger partial charge is 0.508 e. The number of phenols is 1. The van der Waals surface area contributed by atoms with Crippen molar-refractivity contribution in [2.75, 3.05) is 20.1 Å². The summed E-state index contributed by atoms with van der Waals surface area (Å²) in [5, 5.41) is 13.1. The van der Waals surface area contributed by atoms with Crippen molar-refractivity contribution in [2.24, 2.45) is 5.41 Å². The average molecular weight is 283 g/mol. The van der Waals surface area contributed by atoms with Gasteiger partial charge in [-0.25, -0.2) is 0 Å². The molecular formula is C14H19ClN2O2. The molecule has 0 saturated carbocycles. The van der Waals surface area contributed by atoms with Gasteiger partial charge in [0.25, 0.3) is 0 Å². The number of aromatic hydroxyl groups is 1. The number of halogens is 1. The Morgan fingerprint density at radius 2 is 2.32 bits per heavy atom. The van der Waals surface area contributed by atoms with E-state index in [0.717, 1.165) is 18.5 Å². The monoisotopic (exact) mass is 282 g/mol. The molecule has 0 bridgehead atoms. The lowest BCUT2D eigenvalue weighted by molar-refractivity contribution is -0.129. The summed E-state index contributed by atoms with van der Waals surface area (Å²) in [4.78, 5) is 14.0. The number of carbonyl (C=O) groups excluding carboxylic acids is 1. The minimum Gasteiger partial charge on any atom is -0.508 e. The van der Waals surface area contributed by atoms with Crippen molar-refractivity contribution in [1.29, 1.82) is 0 Å². The first-order valence-electron chi connectivity index (χ1n) is 6.36. The van der Waals surface area contributed by atoms with Gasteiger partial charge in [0, 0.05) is 30.7 Å². The van der Waals surface area contributed by atoms with Gasteiger partial charge in [-0.3, -0.25) is 9.69 Å². The van der Waals surface area contributed by atoms with E-state index in [-0.39, 0.29) is 17.1 Å². The van der Waals surface area contributed by atoms with Gasteiger partial charge in [-0.2, -0.15) is 0 Å². The van der Waals surface area contributed by atoms with Crippen molar-refractivity contribution in [3.8, 4) is 5.75 Å². The molecule has 1 atom stereocenters. The predicted molar refractivity (Wildman–Crippen MR) is 75.2 cm³/mol. The number of phenolic OH excluding ortho intramolecular Hbond substituents is 1. The Hall–Kier alpha value is -1.26. The summed E-state index contributed by atoms with van der Waals surface area (Å²) in [5.74, 6) is 0.322. The highest BCUT2D eigenvalue weighted by molar-refractivity contribution is 6.30. The molecule has 1 unspecified atom stereocenters. The third-order valence-electron chi connectivity index (χ3n) is 3.76. The van der Waals surface area contributed by atoms with Crippen LogP contribution in [0.15, 0.2) is 18.2 Å². The number of likely N-dealkylation sites (tertiary alicyclic amines) is 1. The number of hydrogen-bond donors (Lipinski definition) is 2. The number of rotatable bonds is 3. The van der Waals surface area contributed by atoms with Crippen molar-refractivity contribution in [1.82, 2.24) is 10.2 Å². The Kier molecular flexibility index (Phi) is 4.02.